The van der Waals surface area contributed by atoms with Gasteiger partial charge in [-0.15, -0.1) is 0 Å². The van der Waals surface area contributed by atoms with Gasteiger partial charge in [-0.2, -0.15) is 10.2 Å². The van der Waals surface area contributed by atoms with E-state index in [0.29, 0.717) is 11.7 Å². The largest absolute Gasteiger partial charge is 0.308 e. The summed E-state index contributed by atoms with van der Waals surface area (Å²) in [5, 5.41) is 13.0. The molecule has 116 valence electrons. The summed E-state index contributed by atoms with van der Waals surface area (Å²) in [7, 11) is 1.85. The highest BCUT2D eigenvalue weighted by Gasteiger charge is 2.15. The molecular weight excluding hydrogens is 286 g/mol. The topological polar surface area (TPSA) is 47.7 Å². The number of halogens is 1. The maximum Gasteiger partial charge on any atom is 0.132 e. The minimum atomic E-state index is 0.0950. The Labute approximate surface area is 131 Å². The van der Waals surface area contributed by atoms with E-state index in [-0.39, 0.29) is 5.54 Å². The number of aryl methyl sites for hydroxylation is 2. The summed E-state index contributed by atoms with van der Waals surface area (Å²) >= 11 is 6.29. The molecule has 1 N–H and O–H groups in total. The van der Waals surface area contributed by atoms with Gasteiger partial charge in [0.05, 0.1) is 18.4 Å². The van der Waals surface area contributed by atoms with E-state index >= 15 is 0 Å². The molecule has 2 aromatic rings. The molecule has 0 aromatic carbocycles. The first kappa shape index (κ1) is 16.0. The van der Waals surface area contributed by atoms with Gasteiger partial charge < -0.3 is 5.32 Å². The average molecular weight is 310 g/mol. The molecule has 2 heterocycles. The molecule has 0 atom stereocenters. The van der Waals surface area contributed by atoms with Crippen molar-refractivity contribution in [1.82, 2.24) is 24.9 Å². The van der Waals surface area contributed by atoms with Crippen molar-refractivity contribution in [2.45, 2.75) is 53.2 Å². The molecule has 0 aliphatic carbocycles. The van der Waals surface area contributed by atoms with Crippen molar-refractivity contribution < 1.29 is 0 Å². The highest BCUT2D eigenvalue weighted by molar-refractivity contribution is 6.30. The van der Waals surface area contributed by atoms with E-state index in [1.54, 1.807) is 4.68 Å². The van der Waals surface area contributed by atoms with Crippen LogP contribution in [-0.4, -0.2) is 25.1 Å². The Bertz CT molecular complexity index is 633. The van der Waals surface area contributed by atoms with Gasteiger partial charge in [0.2, 0.25) is 0 Å². The minimum absolute atomic E-state index is 0.0950. The number of nitrogens with one attached hydrogen (secondary N) is 1. The zero-order valence-electron chi connectivity index (χ0n) is 13.7. The van der Waals surface area contributed by atoms with Gasteiger partial charge in [-0.25, -0.2) is 0 Å². The van der Waals surface area contributed by atoms with E-state index in [4.69, 9.17) is 11.6 Å². The zero-order chi connectivity index (χ0) is 15.8. The molecule has 2 rings (SSSR count). The van der Waals surface area contributed by atoms with E-state index in [1.807, 2.05) is 24.9 Å². The van der Waals surface area contributed by atoms with E-state index in [1.165, 1.54) is 5.56 Å². The van der Waals surface area contributed by atoms with Gasteiger partial charge in [0, 0.05) is 36.0 Å². The van der Waals surface area contributed by atoms with Crippen molar-refractivity contribution in [2.24, 2.45) is 7.05 Å². The van der Waals surface area contributed by atoms with Gasteiger partial charge in [-0.1, -0.05) is 11.6 Å². The molecule has 0 spiro atoms. The second-order valence-electron chi connectivity index (χ2n) is 6.49. The van der Waals surface area contributed by atoms with Crippen LogP contribution in [0.3, 0.4) is 0 Å². The van der Waals surface area contributed by atoms with Gasteiger partial charge in [-0.3, -0.25) is 9.36 Å². The highest BCUT2D eigenvalue weighted by Crippen LogP contribution is 2.21. The van der Waals surface area contributed by atoms with Crippen molar-refractivity contribution in [3.8, 4) is 0 Å². The van der Waals surface area contributed by atoms with E-state index in [0.717, 1.165) is 23.5 Å². The van der Waals surface area contributed by atoms with Crippen molar-refractivity contribution in [3.05, 3.63) is 33.9 Å². The van der Waals surface area contributed by atoms with Gasteiger partial charge in [-0.05, 0) is 34.6 Å². The van der Waals surface area contributed by atoms with Gasteiger partial charge in [0.15, 0.2) is 0 Å². The molecule has 21 heavy (non-hydrogen) atoms. The summed E-state index contributed by atoms with van der Waals surface area (Å²) in [5.74, 6) is 0. The van der Waals surface area contributed by atoms with Crippen molar-refractivity contribution >= 4 is 11.6 Å². The number of rotatable bonds is 4. The Hall–Kier alpha value is -1.33. The lowest BCUT2D eigenvalue weighted by Gasteiger charge is -2.20. The van der Waals surface area contributed by atoms with Crippen molar-refractivity contribution in [3.63, 3.8) is 0 Å². The molecule has 0 amide bonds. The first-order valence-electron chi connectivity index (χ1n) is 7.13. The minimum Gasteiger partial charge on any atom is -0.308 e. The molecule has 0 aliphatic rings. The number of hydrogen-bond donors (Lipinski definition) is 1. The molecule has 0 aliphatic heterocycles. The predicted molar refractivity (Wildman–Crippen MR) is 85.6 cm³/mol. The van der Waals surface area contributed by atoms with Gasteiger partial charge >= 0.3 is 0 Å². The maximum absolute atomic E-state index is 6.29. The summed E-state index contributed by atoms with van der Waals surface area (Å²) in [5.41, 5.74) is 4.44. The molecule has 6 heteroatoms. The van der Waals surface area contributed by atoms with Gasteiger partial charge in [0.1, 0.15) is 5.15 Å². The van der Waals surface area contributed by atoms with E-state index < -0.39 is 0 Å². The van der Waals surface area contributed by atoms with Crippen LogP contribution in [0.15, 0.2) is 6.20 Å². The van der Waals surface area contributed by atoms with Gasteiger partial charge in [0.25, 0.3) is 0 Å². The third-order valence-electron chi connectivity index (χ3n) is 3.59. The highest BCUT2D eigenvalue weighted by atomic mass is 35.5. The van der Waals surface area contributed by atoms with E-state index in [2.05, 4.69) is 43.2 Å². The maximum atomic E-state index is 6.29. The second-order valence-corrected chi connectivity index (χ2v) is 6.85. The fourth-order valence-corrected chi connectivity index (χ4v) is 2.42. The molecule has 0 saturated heterocycles. The Morgan fingerprint density at radius 1 is 1.29 bits per heavy atom. The summed E-state index contributed by atoms with van der Waals surface area (Å²) in [6, 6.07) is 0. The normalized spacial score (nSPS) is 12.1. The van der Waals surface area contributed by atoms with Crippen molar-refractivity contribution in [2.75, 3.05) is 0 Å². The molecule has 0 fully saturated rings. The molecule has 0 radical (unpaired) electrons. The Balaban J connectivity index is 2.17. The predicted octanol–water partition coefficient (Wildman–Crippen LogP) is 2.82. The zero-order valence-corrected chi connectivity index (χ0v) is 14.4. The fourth-order valence-electron chi connectivity index (χ4n) is 2.18. The Kier molecular flexibility index (Phi) is 4.44. The lowest BCUT2D eigenvalue weighted by atomic mass is 10.1. The molecular formula is C15H24ClN5. The number of nitrogens with zero attached hydrogens (tertiary/aromatic N) is 4. The third-order valence-corrected chi connectivity index (χ3v) is 4.06. The quantitative estimate of drug-likeness (QED) is 0.944. The lowest BCUT2D eigenvalue weighted by molar-refractivity contribution is 0.423. The van der Waals surface area contributed by atoms with Crippen LogP contribution < -0.4 is 5.32 Å². The second kappa shape index (κ2) is 5.81. The third kappa shape index (κ3) is 3.66. The Morgan fingerprint density at radius 2 is 1.95 bits per heavy atom. The molecule has 0 saturated carbocycles. The summed E-state index contributed by atoms with van der Waals surface area (Å²) < 4.78 is 3.68. The first-order valence-corrected chi connectivity index (χ1v) is 7.51. The lowest BCUT2D eigenvalue weighted by Crippen LogP contribution is -2.35. The van der Waals surface area contributed by atoms with Crippen LogP contribution in [0.5, 0.6) is 0 Å². The Morgan fingerprint density at radius 3 is 2.48 bits per heavy atom. The number of aromatic nitrogens is 4. The standard InChI is InChI=1S/C15H24ClN5/c1-10-13(14(16)20(6)19-10)9-21-11(2)12(8-18-21)7-17-15(3,4)5/h8,17H,7,9H2,1-6H3. The smallest absolute Gasteiger partial charge is 0.132 e. The SMILES string of the molecule is Cc1nn(C)c(Cl)c1Cn1ncc(CNC(C)(C)C)c1C. The average Bonchev–Trinajstić information content (AvgIpc) is 2.83. The summed E-state index contributed by atoms with van der Waals surface area (Å²) in [6.45, 7) is 12.0. The van der Waals surface area contributed by atoms with Crippen LogP contribution in [0, 0.1) is 13.8 Å². The van der Waals surface area contributed by atoms with Crippen LogP contribution in [0.4, 0.5) is 0 Å². The van der Waals surface area contributed by atoms with Crippen LogP contribution in [0.25, 0.3) is 0 Å². The van der Waals surface area contributed by atoms with Crippen LogP contribution >= 0.6 is 11.6 Å². The summed E-state index contributed by atoms with van der Waals surface area (Å²) in [4.78, 5) is 0. The van der Waals surface area contributed by atoms with Crippen molar-refractivity contribution in [1.29, 1.82) is 0 Å². The molecule has 2 aromatic heterocycles. The fraction of sp³-hybridized carbons (Fsp3) is 0.600. The summed E-state index contributed by atoms with van der Waals surface area (Å²) in [6.07, 6.45) is 1.92. The monoisotopic (exact) mass is 309 g/mol. The van der Waals surface area contributed by atoms with Crippen LogP contribution in [-0.2, 0) is 20.1 Å². The van der Waals surface area contributed by atoms with Crippen LogP contribution in [0.2, 0.25) is 5.15 Å². The van der Waals surface area contributed by atoms with E-state index in [9.17, 15) is 0 Å². The molecule has 5 nitrogen and oxygen atoms in total. The molecule has 0 bridgehead atoms. The van der Waals surface area contributed by atoms with Crippen LogP contribution in [0.1, 0.15) is 43.3 Å². The molecule has 0 unspecified atom stereocenters. The number of hydrogen-bond acceptors (Lipinski definition) is 3. The first-order chi connectivity index (χ1) is 9.69.